The van der Waals surface area contributed by atoms with Gasteiger partial charge in [-0.2, -0.15) is 0 Å². The minimum Gasteiger partial charge on any atom is -0.508 e. The number of hydrogen-bond acceptors (Lipinski definition) is 5. The van der Waals surface area contributed by atoms with Crippen LogP contribution in [0.15, 0.2) is 69.9 Å². The third kappa shape index (κ3) is 3.64. The lowest BCUT2D eigenvalue weighted by atomic mass is 9.99. The van der Waals surface area contributed by atoms with Crippen molar-refractivity contribution in [1.29, 1.82) is 0 Å². The molecule has 0 saturated heterocycles. The van der Waals surface area contributed by atoms with Crippen molar-refractivity contribution in [2.75, 3.05) is 19.7 Å². The second-order valence-corrected chi connectivity index (χ2v) is 7.77. The molecule has 0 amide bonds. The van der Waals surface area contributed by atoms with E-state index in [0.717, 1.165) is 32.5 Å². The Morgan fingerprint density at radius 3 is 2.77 bits per heavy atom. The number of para-hydroxylation sites is 1. The van der Waals surface area contributed by atoms with Crippen molar-refractivity contribution in [1.82, 2.24) is 4.90 Å². The minimum absolute atomic E-state index is 0.0187. The van der Waals surface area contributed by atoms with E-state index < -0.39 is 0 Å². The van der Waals surface area contributed by atoms with Gasteiger partial charge in [0.15, 0.2) is 0 Å². The van der Waals surface area contributed by atoms with E-state index in [2.05, 4.69) is 4.90 Å². The predicted molar refractivity (Wildman–Crippen MR) is 117 cm³/mol. The summed E-state index contributed by atoms with van der Waals surface area (Å²) in [5.41, 5.74) is 3.64. The van der Waals surface area contributed by atoms with Crippen LogP contribution in [0.4, 0.5) is 0 Å². The lowest BCUT2D eigenvalue weighted by molar-refractivity contribution is 0.220. The van der Waals surface area contributed by atoms with Crippen LogP contribution in [0, 0.1) is 0 Å². The number of phenolic OH excluding ortho intramolecular Hbond substituents is 1. The van der Waals surface area contributed by atoms with Gasteiger partial charge >= 0.3 is 0 Å². The number of ether oxygens (including phenoxy) is 1. The Labute approximate surface area is 174 Å². The number of rotatable bonds is 5. The SMILES string of the molecule is O=c1c2ccccc2oc2cc(OCCCN3CCc4ccc(O)cc4C3)ccc12. The molecule has 4 aromatic rings. The fraction of sp³-hybridized carbons (Fsp3) is 0.240. The second-order valence-electron chi connectivity index (χ2n) is 7.77. The van der Waals surface area contributed by atoms with E-state index in [1.807, 2.05) is 30.3 Å². The lowest BCUT2D eigenvalue weighted by Gasteiger charge is -2.28. The van der Waals surface area contributed by atoms with Gasteiger partial charge in [0.2, 0.25) is 5.43 Å². The highest BCUT2D eigenvalue weighted by molar-refractivity contribution is 5.90. The molecule has 1 aromatic heterocycles. The molecular formula is C25H23NO4. The van der Waals surface area contributed by atoms with E-state index >= 15 is 0 Å². The molecule has 1 N–H and O–H groups in total. The third-order valence-electron chi connectivity index (χ3n) is 5.72. The molecule has 0 aliphatic carbocycles. The van der Waals surface area contributed by atoms with Crippen molar-refractivity contribution in [2.45, 2.75) is 19.4 Å². The Balaban J connectivity index is 1.22. The topological polar surface area (TPSA) is 62.9 Å². The molecule has 0 fully saturated rings. The minimum atomic E-state index is -0.0187. The molecule has 0 spiro atoms. The highest BCUT2D eigenvalue weighted by atomic mass is 16.5. The number of phenols is 1. The molecule has 0 bridgehead atoms. The van der Waals surface area contributed by atoms with Gasteiger partial charge in [-0.25, -0.2) is 0 Å². The summed E-state index contributed by atoms with van der Waals surface area (Å²) in [6.45, 7) is 3.40. The zero-order valence-electron chi connectivity index (χ0n) is 16.6. The quantitative estimate of drug-likeness (QED) is 0.395. The number of fused-ring (bicyclic) bond motifs is 3. The molecule has 1 aliphatic heterocycles. The lowest BCUT2D eigenvalue weighted by Crippen LogP contribution is -2.32. The Morgan fingerprint density at radius 1 is 0.967 bits per heavy atom. The van der Waals surface area contributed by atoms with Gasteiger partial charge < -0.3 is 14.3 Å². The molecule has 5 rings (SSSR count). The number of benzene rings is 3. The van der Waals surface area contributed by atoms with E-state index in [9.17, 15) is 9.90 Å². The summed E-state index contributed by atoms with van der Waals surface area (Å²) in [4.78, 5) is 15.0. The second kappa shape index (κ2) is 7.84. The van der Waals surface area contributed by atoms with Gasteiger partial charge in [-0.3, -0.25) is 9.69 Å². The maximum absolute atomic E-state index is 12.6. The monoisotopic (exact) mass is 401 g/mol. The predicted octanol–water partition coefficient (Wildman–Crippen LogP) is 4.48. The summed E-state index contributed by atoms with van der Waals surface area (Å²) in [6.07, 6.45) is 1.90. The van der Waals surface area contributed by atoms with E-state index in [4.69, 9.17) is 9.15 Å². The molecular weight excluding hydrogens is 378 g/mol. The summed E-state index contributed by atoms with van der Waals surface area (Å²) < 4.78 is 11.8. The van der Waals surface area contributed by atoms with Crippen LogP contribution in [-0.4, -0.2) is 29.7 Å². The van der Waals surface area contributed by atoms with E-state index in [1.54, 1.807) is 30.3 Å². The first-order valence-corrected chi connectivity index (χ1v) is 10.3. The van der Waals surface area contributed by atoms with E-state index in [0.29, 0.717) is 40.0 Å². The third-order valence-corrected chi connectivity index (χ3v) is 5.72. The first kappa shape index (κ1) is 18.7. The molecule has 0 radical (unpaired) electrons. The van der Waals surface area contributed by atoms with Crippen molar-refractivity contribution in [3.8, 4) is 11.5 Å². The fourth-order valence-corrected chi connectivity index (χ4v) is 4.14. The average molecular weight is 401 g/mol. The van der Waals surface area contributed by atoms with Crippen LogP contribution in [0.25, 0.3) is 21.9 Å². The molecule has 1 aliphatic rings. The van der Waals surface area contributed by atoms with Crippen LogP contribution in [0.1, 0.15) is 17.5 Å². The van der Waals surface area contributed by atoms with Crippen molar-refractivity contribution in [2.24, 2.45) is 0 Å². The molecule has 5 heteroatoms. The Bertz CT molecular complexity index is 1280. The smallest absolute Gasteiger partial charge is 0.200 e. The van der Waals surface area contributed by atoms with Crippen LogP contribution in [0.3, 0.4) is 0 Å². The fourth-order valence-electron chi connectivity index (χ4n) is 4.14. The Morgan fingerprint density at radius 2 is 1.83 bits per heavy atom. The van der Waals surface area contributed by atoms with Gasteiger partial charge in [0.25, 0.3) is 0 Å². The zero-order valence-corrected chi connectivity index (χ0v) is 16.6. The van der Waals surface area contributed by atoms with Gasteiger partial charge in [-0.15, -0.1) is 0 Å². The van der Waals surface area contributed by atoms with E-state index in [-0.39, 0.29) is 5.43 Å². The normalized spacial score (nSPS) is 14.1. The number of hydrogen-bond donors (Lipinski definition) is 1. The van der Waals surface area contributed by atoms with Gasteiger partial charge in [0.1, 0.15) is 22.7 Å². The standard InChI is InChI=1S/C25H23NO4/c27-19-7-6-17-10-12-26(16-18(17)14-19)11-3-13-29-20-8-9-22-24(15-20)30-23-5-2-1-4-21(23)25(22)28/h1-2,4-9,14-15,27H,3,10-13,16H2. The molecule has 5 nitrogen and oxygen atoms in total. The summed E-state index contributed by atoms with van der Waals surface area (Å²) in [6, 6.07) is 18.3. The van der Waals surface area contributed by atoms with Gasteiger partial charge in [-0.05, 0) is 60.4 Å². The first-order chi connectivity index (χ1) is 14.7. The van der Waals surface area contributed by atoms with Crippen molar-refractivity contribution in [3.05, 3.63) is 82.0 Å². The van der Waals surface area contributed by atoms with Crippen molar-refractivity contribution < 1.29 is 14.3 Å². The Hall–Kier alpha value is -3.31. The molecule has 152 valence electrons. The van der Waals surface area contributed by atoms with Crippen molar-refractivity contribution in [3.63, 3.8) is 0 Å². The summed E-state index contributed by atoms with van der Waals surface area (Å²) in [5, 5.41) is 10.9. The highest BCUT2D eigenvalue weighted by Crippen LogP contribution is 2.24. The van der Waals surface area contributed by atoms with Crippen LogP contribution in [-0.2, 0) is 13.0 Å². The maximum atomic E-state index is 12.6. The largest absolute Gasteiger partial charge is 0.508 e. The maximum Gasteiger partial charge on any atom is 0.200 e. The molecule has 2 heterocycles. The zero-order chi connectivity index (χ0) is 20.5. The average Bonchev–Trinajstić information content (AvgIpc) is 2.76. The van der Waals surface area contributed by atoms with Crippen LogP contribution in [0.5, 0.6) is 11.5 Å². The summed E-state index contributed by atoms with van der Waals surface area (Å²) >= 11 is 0. The molecule has 0 atom stereocenters. The van der Waals surface area contributed by atoms with Gasteiger partial charge in [0.05, 0.1) is 17.4 Å². The highest BCUT2D eigenvalue weighted by Gasteiger charge is 2.16. The summed E-state index contributed by atoms with van der Waals surface area (Å²) in [7, 11) is 0. The molecule has 0 unspecified atom stereocenters. The van der Waals surface area contributed by atoms with Gasteiger partial charge in [-0.1, -0.05) is 18.2 Å². The number of aromatic hydroxyl groups is 1. The molecule has 30 heavy (non-hydrogen) atoms. The van der Waals surface area contributed by atoms with E-state index in [1.165, 1.54) is 11.1 Å². The van der Waals surface area contributed by atoms with Gasteiger partial charge in [0, 0.05) is 25.7 Å². The Kier molecular flexibility index (Phi) is 4.89. The van der Waals surface area contributed by atoms with Crippen LogP contribution < -0.4 is 10.2 Å². The van der Waals surface area contributed by atoms with Crippen LogP contribution in [0.2, 0.25) is 0 Å². The first-order valence-electron chi connectivity index (χ1n) is 10.3. The number of nitrogens with zero attached hydrogens (tertiary/aromatic N) is 1. The molecule has 0 saturated carbocycles. The van der Waals surface area contributed by atoms with Crippen LogP contribution >= 0.6 is 0 Å². The summed E-state index contributed by atoms with van der Waals surface area (Å²) in [5.74, 6) is 1.03. The molecule has 3 aromatic carbocycles. The van der Waals surface area contributed by atoms with Crippen molar-refractivity contribution >= 4 is 21.9 Å².